The summed E-state index contributed by atoms with van der Waals surface area (Å²) in [6.45, 7) is 7.98. The van der Waals surface area contributed by atoms with E-state index in [4.69, 9.17) is 28.3 Å². The number of carbonyl (C=O) groups excluding carboxylic acids is 2. The number of carbonyl (C=O) groups is 2. The summed E-state index contributed by atoms with van der Waals surface area (Å²) < 4.78 is 39.2. The molecule has 2 N–H and O–H groups in total. The van der Waals surface area contributed by atoms with Crippen LogP contribution in [0.25, 0.3) is 11.1 Å². The van der Waals surface area contributed by atoms with E-state index in [9.17, 15) is 9.59 Å². The first-order chi connectivity index (χ1) is 20.4. The first kappa shape index (κ1) is 31.5. The van der Waals surface area contributed by atoms with Gasteiger partial charge < -0.3 is 33.0 Å². The topological polar surface area (TPSA) is 123 Å². The number of hydrogen-bond acceptors (Lipinski definition) is 9. The molecule has 0 radical (unpaired) electrons. The maximum Gasteiger partial charge on any atom is 0.494 e. The summed E-state index contributed by atoms with van der Waals surface area (Å²) >= 11 is 0. The summed E-state index contributed by atoms with van der Waals surface area (Å²) in [6.07, 6.45) is -1.28. The second kappa shape index (κ2) is 12.8. The van der Waals surface area contributed by atoms with Gasteiger partial charge in [0, 0.05) is 40.2 Å². The summed E-state index contributed by atoms with van der Waals surface area (Å²) in [5, 5.41) is 5.27. The summed E-state index contributed by atoms with van der Waals surface area (Å²) in [4.78, 5) is 24.1. The molecule has 11 nitrogen and oxygen atoms in total. The maximum atomic E-state index is 12.6. The standard InChI is InChI=1S/C31H37BN2O9/c1-30(2)31(3,4)43-32(42-30)20-10-13-23(26(15-20)38-6)24-14-12-22(17-27(24)39-7)34-29(36)41-18-19-9-11-21(16-25(19)37-5)33-28(35)40-8/h9-17H,18H2,1-8H3,(H,33,35)(H,34,36). The van der Waals surface area contributed by atoms with Crippen molar-refractivity contribution in [3.05, 3.63) is 60.2 Å². The van der Waals surface area contributed by atoms with Crippen molar-refractivity contribution in [2.24, 2.45) is 0 Å². The molecular formula is C31H37BN2O9. The molecule has 228 valence electrons. The summed E-state index contributed by atoms with van der Waals surface area (Å²) in [7, 11) is 5.38. The van der Waals surface area contributed by atoms with Gasteiger partial charge in [-0.15, -0.1) is 0 Å². The van der Waals surface area contributed by atoms with E-state index in [1.54, 1.807) is 44.6 Å². The Labute approximate surface area is 251 Å². The van der Waals surface area contributed by atoms with Crippen LogP contribution in [0.15, 0.2) is 54.6 Å². The lowest BCUT2D eigenvalue weighted by Gasteiger charge is -2.32. The SMILES string of the molecule is COC(=O)Nc1ccc(COC(=O)Nc2ccc(-c3ccc(B4OC(C)(C)C(C)(C)O4)cc3OC)c(OC)c2)c(OC)c1. The van der Waals surface area contributed by atoms with Crippen LogP contribution in [0.5, 0.6) is 17.2 Å². The summed E-state index contributed by atoms with van der Waals surface area (Å²) in [6, 6.07) is 16.0. The highest BCUT2D eigenvalue weighted by Crippen LogP contribution is 2.40. The smallest absolute Gasteiger partial charge is 0.494 e. The van der Waals surface area contributed by atoms with Gasteiger partial charge in [0.25, 0.3) is 0 Å². The molecule has 1 aliphatic rings. The van der Waals surface area contributed by atoms with E-state index in [1.165, 1.54) is 14.2 Å². The Morgan fingerprint density at radius 1 is 0.698 bits per heavy atom. The van der Waals surface area contributed by atoms with Gasteiger partial charge in [-0.2, -0.15) is 0 Å². The molecule has 0 atom stereocenters. The van der Waals surface area contributed by atoms with E-state index in [-0.39, 0.29) is 6.61 Å². The summed E-state index contributed by atoms with van der Waals surface area (Å²) in [5.41, 5.74) is 3.04. The van der Waals surface area contributed by atoms with Crippen LogP contribution in [0.2, 0.25) is 0 Å². The first-order valence-electron chi connectivity index (χ1n) is 13.6. The van der Waals surface area contributed by atoms with Gasteiger partial charge in [0.1, 0.15) is 23.9 Å². The number of amides is 2. The third-order valence-corrected chi connectivity index (χ3v) is 7.57. The van der Waals surface area contributed by atoms with Gasteiger partial charge in [-0.3, -0.25) is 10.6 Å². The van der Waals surface area contributed by atoms with Crippen molar-refractivity contribution < 1.29 is 42.6 Å². The van der Waals surface area contributed by atoms with Gasteiger partial charge in [0.05, 0.1) is 39.6 Å². The van der Waals surface area contributed by atoms with Crippen LogP contribution < -0.4 is 30.3 Å². The third-order valence-electron chi connectivity index (χ3n) is 7.57. The number of ether oxygens (including phenoxy) is 5. The Hall–Kier alpha value is -4.42. The van der Waals surface area contributed by atoms with Gasteiger partial charge in [0.2, 0.25) is 0 Å². The van der Waals surface area contributed by atoms with E-state index in [2.05, 4.69) is 15.4 Å². The number of hydrogen-bond donors (Lipinski definition) is 2. The number of nitrogens with one attached hydrogen (secondary N) is 2. The lowest BCUT2D eigenvalue weighted by atomic mass is 9.78. The number of anilines is 2. The predicted molar refractivity (Wildman–Crippen MR) is 164 cm³/mol. The van der Waals surface area contributed by atoms with E-state index in [0.29, 0.717) is 34.2 Å². The molecule has 3 aromatic rings. The van der Waals surface area contributed by atoms with Crippen molar-refractivity contribution in [1.29, 1.82) is 0 Å². The minimum absolute atomic E-state index is 0.0605. The second-order valence-electron chi connectivity index (χ2n) is 10.8. The minimum atomic E-state index is -0.669. The van der Waals surface area contributed by atoms with Crippen LogP contribution in [-0.4, -0.2) is 58.9 Å². The lowest BCUT2D eigenvalue weighted by molar-refractivity contribution is 0.00578. The van der Waals surface area contributed by atoms with Crippen LogP contribution >= 0.6 is 0 Å². The monoisotopic (exact) mass is 592 g/mol. The van der Waals surface area contributed by atoms with Crippen LogP contribution in [-0.2, 0) is 25.4 Å². The molecule has 4 rings (SSSR count). The van der Waals surface area contributed by atoms with Crippen molar-refractivity contribution >= 4 is 36.1 Å². The largest absolute Gasteiger partial charge is 0.496 e. The van der Waals surface area contributed by atoms with Gasteiger partial charge in [-0.25, -0.2) is 9.59 Å². The number of benzene rings is 3. The van der Waals surface area contributed by atoms with Crippen molar-refractivity contribution in [3.8, 4) is 28.4 Å². The quantitative estimate of drug-likeness (QED) is 0.306. The molecule has 0 aromatic heterocycles. The first-order valence-corrected chi connectivity index (χ1v) is 13.6. The highest BCUT2D eigenvalue weighted by molar-refractivity contribution is 6.62. The Morgan fingerprint density at radius 3 is 1.79 bits per heavy atom. The third kappa shape index (κ3) is 6.98. The van der Waals surface area contributed by atoms with Crippen molar-refractivity contribution in [2.75, 3.05) is 39.1 Å². The molecule has 1 fully saturated rings. The van der Waals surface area contributed by atoms with Crippen LogP contribution in [0.3, 0.4) is 0 Å². The zero-order valence-electron chi connectivity index (χ0n) is 25.7. The van der Waals surface area contributed by atoms with E-state index in [0.717, 1.165) is 16.6 Å². The Balaban J connectivity index is 1.46. The predicted octanol–water partition coefficient (Wildman–Crippen LogP) is 5.61. The molecule has 2 amide bonds. The highest BCUT2D eigenvalue weighted by atomic mass is 16.7. The fraction of sp³-hybridized carbons (Fsp3) is 0.355. The Bertz CT molecular complexity index is 1480. The fourth-order valence-corrected chi connectivity index (χ4v) is 4.46. The van der Waals surface area contributed by atoms with Crippen LogP contribution in [0, 0.1) is 0 Å². The average Bonchev–Trinajstić information content (AvgIpc) is 3.21. The van der Waals surface area contributed by atoms with Gasteiger partial charge in [-0.05, 0) is 63.5 Å². The zero-order valence-corrected chi connectivity index (χ0v) is 25.7. The van der Waals surface area contributed by atoms with Crippen molar-refractivity contribution in [3.63, 3.8) is 0 Å². The Kier molecular flexibility index (Phi) is 9.41. The normalized spacial score (nSPS) is 14.9. The molecule has 0 saturated carbocycles. The van der Waals surface area contributed by atoms with Crippen molar-refractivity contribution in [1.82, 2.24) is 0 Å². The second-order valence-corrected chi connectivity index (χ2v) is 10.8. The molecule has 1 aliphatic heterocycles. The molecule has 0 spiro atoms. The maximum absolute atomic E-state index is 12.6. The van der Waals surface area contributed by atoms with Crippen LogP contribution in [0.4, 0.5) is 21.0 Å². The van der Waals surface area contributed by atoms with Gasteiger partial charge in [0.15, 0.2) is 0 Å². The average molecular weight is 592 g/mol. The summed E-state index contributed by atoms with van der Waals surface area (Å²) in [5.74, 6) is 1.58. The zero-order chi connectivity index (χ0) is 31.4. The molecule has 1 heterocycles. The number of methoxy groups -OCH3 is 4. The molecular weight excluding hydrogens is 555 g/mol. The van der Waals surface area contributed by atoms with Crippen LogP contribution in [0.1, 0.15) is 33.3 Å². The molecule has 12 heteroatoms. The van der Waals surface area contributed by atoms with Gasteiger partial charge >= 0.3 is 19.3 Å². The fourth-order valence-electron chi connectivity index (χ4n) is 4.46. The van der Waals surface area contributed by atoms with E-state index >= 15 is 0 Å². The van der Waals surface area contributed by atoms with Crippen molar-refractivity contribution in [2.45, 2.75) is 45.5 Å². The molecule has 0 aliphatic carbocycles. The van der Waals surface area contributed by atoms with E-state index in [1.807, 2.05) is 52.0 Å². The molecule has 3 aromatic carbocycles. The molecule has 1 saturated heterocycles. The lowest BCUT2D eigenvalue weighted by Crippen LogP contribution is -2.41. The van der Waals surface area contributed by atoms with E-state index < -0.39 is 30.5 Å². The molecule has 0 bridgehead atoms. The highest BCUT2D eigenvalue weighted by Gasteiger charge is 2.51. The molecule has 0 unspecified atom stereocenters. The van der Waals surface area contributed by atoms with Gasteiger partial charge in [-0.1, -0.05) is 12.1 Å². The Morgan fingerprint density at radius 2 is 1.21 bits per heavy atom. The number of rotatable bonds is 9. The molecule has 43 heavy (non-hydrogen) atoms. The minimum Gasteiger partial charge on any atom is -0.496 e.